The standard InChI is InChI=1S/C13H18N2O2S/c1-3-6-11(2)15-18(16,17)10-13-8-5-4-7-12(13)9-14/h4-5,7-8,11,15H,3,6,10H2,1-2H3. The fraction of sp³-hybridized carbons (Fsp3) is 0.462. The molecule has 1 aromatic rings. The molecule has 18 heavy (non-hydrogen) atoms. The molecule has 0 saturated heterocycles. The number of nitrogens with one attached hydrogen (secondary N) is 1. The van der Waals surface area contributed by atoms with Crippen LogP contribution in [0.15, 0.2) is 24.3 Å². The Morgan fingerprint density at radius 3 is 2.67 bits per heavy atom. The van der Waals surface area contributed by atoms with Gasteiger partial charge in [0.2, 0.25) is 10.0 Å². The summed E-state index contributed by atoms with van der Waals surface area (Å²) in [5.41, 5.74) is 0.946. The van der Waals surface area contributed by atoms with Crippen LogP contribution in [0.25, 0.3) is 0 Å². The third-order valence-corrected chi connectivity index (χ3v) is 4.04. The van der Waals surface area contributed by atoms with Gasteiger partial charge >= 0.3 is 0 Å². The molecule has 98 valence electrons. The van der Waals surface area contributed by atoms with Crippen LogP contribution in [0.1, 0.15) is 37.8 Å². The molecule has 0 fully saturated rings. The van der Waals surface area contributed by atoms with Gasteiger partial charge in [-0.3, -0.25) is 0 Å². The maximum absolute atomic E-state index is 11.9. The second kappa shape index (κ2) is 6.53. The Morgan fingerprint density at radius 2 is 2.06 bits per heavy atom. The van der Waals surface area contributed by atoms with Crippen LogP contribution >= 0.6 is 0 Å². The monoisotopic (exact) mass is 266 g/mol. The minimum atomic E-state index is -3.39. The van der Waals surface area contributed by atoms with Crippen molar-refractivity contribution in [2.24, 2.45) is 0 Å². The van der Waals surface area contributed by atoms with E-state index in [4.69, 9.17) is 5.26 Å². The van der Waals surface area contributed by atoms with Crippen molar-refractivity contribution in [3.8, 4) is 6.07 Å². The summed E-state index contributed by atoms with van der Waals surface area (Å²) < 4.78 is 26.5. The molecular weight excluding hydrogens is 248 g/mol. The van der Waals surface area contributed by atoms with Gasteiger partial charge in [0.05, 0.1) is 17.4 Å². The van der Waals surface area contributed by atoms with E-state index in [2.05, 4.69) is 4.72 Å². The van der Waals surface area contributed by atoms with Crippen LogP contribution in [0, 0.1) is 11.3 Å². The molecule has 0 radical (unpaired) electrons. The van der Waals surface area contributed by atoms with Crippen LogP contribution in [-0.4, -0.2) is 14.5 Å². The zero-order valence-electron chi connectivity index (χ0n) is 10.7. The third kappa shape index (κ3) is 4.47. The number of nitrogens with zero attached hydrogens (tertiary/aromatic N) is 1. The number of rotatable bonds is 6. The molecule has 1 rings (SSSR count). The minimum Gasteiger partial charge on any atom is -0.212 e. The molecule has 1 atom stereocenters. The molecule has 0 heterocycles. The first-order valence-electron chi connectivity index (χ1n) is 5.96. The fourth-order valence-electron chi connectivity index (χ4n) is 1.80. The largest absolute Gasteiger partial charge is 0.216 e. The number of hydrogen-bond donors (Lipinski definition) is 1. The maximum atomic E-state index is 11.9. The average Bonchev–Trinajstić information content (AvgIpc) is 2.28. The van der Waals surface area contributed by atoms with Gasteiger partial charge < -0.3 is 0 Å². The Bertz CT molecular complexity index is 532. The Morgan fingerprint density at radius 1 is 1.39 bits per heavy atom. The van der Waals surface area contributed by atoms with Crippen LogP contribution in [0.5, 0.6) is 0 Å². The first kappa shape index (κ1) is 14.7. The van der Waals surface area contributed by atoms with Crippen molar-refractivity contribution in [3.63, 3.8) is 0 Å². The van der Waals surface area contributed by atoms with Crippen molar-refractivity contribution in [3.05, 3.63) is 35.4 Å². The summed E-state index contributed by atoms with van der Waals surface area (Å²) in [5, 5.41) is 8.92. The lowest BCUT2D eigenvalue weighted by atomic mass is 10.1. The first-order valence-corrected chi connectivity index (χ1v) is 7.61. The van der Waals surface area contributed by atoms with E-state index in [-0.39, 0.29) is 11.8 Å². The molecular formula is C13H18N2O2S. The van der Waals surface area contributed by atoms with Crippen molar-refractivity contribution in [2.45, 2.75) is 38.5 Å². The van der Waals surface area contributed by atoms with E-state index in [0.29, 0.717) is 11.1 Å². The lowest BCUT2D eigenvalue weighted by Crippen LogP contribution is -2.33. The molecule has 0 aliphatic carbocycles. The predicted octanol–water partition coefficient (Wildman–Crippen LogP) is 2.17. The van der Waals surface area contributed by atoms with Gasteiger partial charge in [-0.15, -0.1) is 0 Å². The molecule has 1 aromatic carbocycles. The molecule has 0 spiro atoms. The van der Waals surface area contributed by atoms with Gasteiger partial charge in [0.25, 0.3) is 0 Å². The van der Waals surface area contributed by atoms with Gasteiger partial charge in [0.15, 0.2) is 0 Å². The van der Waals surface area contributed by atoms with Gasteiger partial charge in [-0.25, -0.2) is 13.1 Å². The smallest absolute Gasteiger partial charge is 0.212 e. The van der Waals surface area contributed by atoms with Gasteiger partial charge in [0, 0.05) is 6.04 Å². The second-order valence-electron chi connectivity index (χ2n) is 4.34. The predicted molar refractivity (Wildman–Crippen MR) is 71.3 cm³/mol. The Balaban J connectivity index is 2.80. The van der Waals surface area contributed by atoms with Crippen molar-refractivity contribution < 1.29 is 8.42 Å². The van der Waals surface area contributed by atoms with Gasteiger partial charge in [-0.05, 0) is 25.0 Å². The third-order valence-electron chi connectivity index (χ3n) is 2.59. The van der Waals surface area contributed by atoms with Crippen molar-refractivity contribution >= 4 is 10.0 Å². The second-order valence-corrected chi connectivity index (χ2v) is 6.09. The summed E-state index contributed by atoms with van der Waals surface area (Å²) in [6.07, 6.45) is 1.73. The summed E-state index contributed by atoms with van der Waals surface area (Å²) >= 11 is 0. The van der Waals surface area contributed by atoms with Crippen LogP contribution in [0.4, 0.5) is 0 Å². The molecule has 4 nitrogen and oxygen atoms in total. The molecule has 0 amide bonds. The maximum Gasteiger partial charge on any atom is 0.216 e. The Labute approximate surface area is 109 Å². The summed E-state index contributed by atoms with van der Waals surface area (Å²) in [7, 11) is -3.39. The summed E-state index contributed by atoms with van der Waals surface area (Å²) in [5.74, 6) is -0.148. The minimum absolute atomic E-state index is 0.0748. The van der Waals surface area contributed by atoms with Gasteiger partial charge in [-0.1, -0.05) is 31.5 Å². The van der Waals surface area contributed by atoms with E-state index in [1.54, 1.807) is 24.3 Å². The van der Waals surface area contributed by atoms with E-state index >= 15 is 0 Å². The molecule has 0 aromatic heterocycles. The van der Waals surface area contributed by atoms with Crippen molar-refractivity contribution in [2.75, 3.05) is 0 Å². The highest BCUT2D eigenvalue weighted by Crippen LogP contribution is 2.11. The molecule has 5 heteroatoms. The highest BCUT2D eigenvalue weighted by atomic mass is 32.2. The summed E-state index contributed by atoms with van der Waals surface area (Å²) in [6.45, 7) is 3.85. The van der Waals surface area contributed by atoms with E-state index in [0.717, 1.165) is 12.8 Å². The number of benzene rings is 1. The Kier molecular flexibility index (Phi) is 5.32. The first-order chi connectivity index (χ1) is 8.48. The van der Waals surface area contributed by atoms with Crippen molar-refractivity contribution in [1.29, 1.82) is 5.26 Å². The van der Waals surface area contributed by atoms with E-state index < -0.39 is 10.0 Å². The average molecular weight is 266 g/mol. The summed E-state index contributed by atoms with van der Waals surface area (Å²) in [4.78, 5) is 0. The molecule has 1 N–H and O–H groups in total. The molecule has 0 aliphatic heterocycles. The Hall–Kier alpha value is -1.38. The quantitative estimate of drug-likeness (QED) is 0.857. The number of sulfonamides is 1. The zero-order valence-corrected chi connectivity index (χ0v) is 11.5. The van der Waals surface area contributed by atoms with E-state index in [9.17, 15) is 8.42 Å². The lowest BCUT2D eigenvalue weighted by Gasteiger charge is -2.13. The normalized spacial score (nSPS) is 12.9. The summed E-state index contributed by atoms with van der Waals surface area (Å²) in [6, 6.07) is 8.69. The topological polar surface area (TPSA) is 70.0 Å². The molecule has 0 saturated carbocycles. The molecule has 0 aliphatic rings. The molecule has 0 bridgehead atoms. The zero-order chi connectivity index (χ0) is 13.6. The fourth-order valence-corrected chi connectivity index (χ4v) is 3.28. The highest BCUT2D eigenvalue weighted by Gasteiger charge is 2.16. The van der Waals surface area contributed by atoms with E-state index in [1.165, 1.54) is 0 Å². The van der Waals surface area contributed by atoms with Crippen LogP contribution < -0.4 is 4.72 Å². The van der Waals surface area contributed by atoms with Crippen molar-refractivity contribution in [1.82, 2.24) is 4.72 Å². The van der Waals surface area contributed by atoms with E-state index in [1.807, 2.05) is 19.9 Å². The van der Waals surface area contributed by atoms with Crippen LogP contribution in [0.3, 0.4) is 0 Å². The molecule has 1 unspecified atom stereocenters. The van der Waals surface area contributed by atoms with Crippen LogP contribution in [0.2, 0.25) is 0 Å². The lowest BCUT2D eigenvalue weighted by molar-refractivity contribution is 0.543. The van der Waals surface area contributed by atoms with Gasteiger partial charge in [0.1, 0.15) is 0 Å². The van der Waals surface area contributed by atoms with Crippen LogP contribution in [-0.2, 0) is 15.8 Å². The number of hydrogen-bond acceptors (Lipinski definition) is 3. The van der Waals surface area contributed by atoms with Gasteiger partial charge in [-0.2, -0.15) is 5.26 Å². The SMILES string of the molecule is CCCC(C)NS(=O)(=O)Cc1ccccc1C#N. The number of nitriles is 1. The highest BCUT2D eigenvalue weighted by molar-refractivity contribution is 7.88.